The summed E-state index contributed by atoms with van der Waals surface area (Å²) in [5.41, 5.74) is 3.70. The van der Waals surface area contributed by atoms with Crippen molar-refractivity contribution in [3.05, 3.63) is 47.5 Å². The standard InChI is InChI=1S/C32H41N5O5/c1-34(28-6-7-31(39)33-32(28)40)18-23-14-29-30(15-24(23)20-38)42-21-26-19-35(12-13-37(26)29)17-22-8-10-36(11-9-22)25-4-3-5-27(16-25)41-2/h3-5,14-16,20,22,26,28H,6-13,17-19,21H2,1-2H3,(H,33,39,40). The van der Waals surface area contributed by atoms with E-state index < -0.39 is 6.04 Å². The number of anilines is 2. The van der Waals surface area contributed by atoms with Gasteiger partial charge in [0, 0.05) is 69.6 Å². The Morgan fingerprint density at radius 1 is 1.10 bits per heavy atom. The van der Waals surface area contributed by atoms with Gasteiger partial charge in [-0.05, 0) is 62.1 Å². The Bertz CT molecular complexity index is 1330. The van der Waals surface area contributed by atoms with Crippen LogP contribution in [-0.4, -0.2) is 100 Å². The molecule has 224 valence electrons. The number of imide groups is 1. The van der Waals surface area contributed by atoms with Crippen molar-refractivity contribution in [1.82, 2.24) is 15.1 Å². The number of carbonyl (C=O) groups is 3. The summed E-state index contributed by atoms with van der Waals surface area (Å²) in [7, 11) is 3.58. The van der Waals surface area contributed by atoms with E-state index in [1.165, 1.54) is 18.5 Å². The lowest BCUT2D eigenvalue weighted by atomic mass is 9.94. The molecule has 0 spiro atoms. The highest BCUT2D eigenvalue weighted by Crippen LogP contribution is 2.38. The van der Waals surface area contributed by atoms with E-state index in [0.29, 0.717) is 37.5 Å². The molecule has 6 rings (SSSR count). The smallest absolute Gasteiger partial charge is 0.243 e. The van der Waals surface area contributed by atoms with Gasteiger partial charge in [-0.1, -0.05) is 6.07 Å². The third kappa shape index (κ3) is 5.96. The number of benzene rings is 2. The first-order valence-electron chi connectivity index (χ1n) is 15.1. The molecule has 0 saturated carbocycles. The largest absolute Gasteiger partial charge is 0.497 e. The molecule has 3 fully saturated rings. The average Bonchev–Trinajstić information content (AvgIpc) is 3.01. The number of fused-ring (bicyclic) bond motifs is 3. The minimum absolute atomic E-state index is 0.229. The number of hydrogen-bond acceptors (Lipinski definition) is 9. The van der Waals surface area contributed by atoms with Crippen LogP contribution in [0.25, 0.3) is 0 Å². The number of nitrogens with one attached hydrogen (secondary N) is 1. The number of nitrogens with zero attached hydrogens (tertiary/aromatic N) is 4. The van der Waals surface area contributed by atoms with Crippen LogP contribution >= 0.6 is 0 Å². The minimum Gasteiger partial charge on any atom is -0.497 e. The number of amides is 2. The molecule has 2 aromatic carbocycles. The van der Waals surface area contributed by atoms with Crippen LogP contribution in [0.5, 0.6) is 11.5 Å². The maximum Gasteiger partial charge on any atom is 0.243 e. The molecule has 4 aliphatic heterocycles. The Morgan fingerprint density at radius 3 is 2.69 bits per heavy atom. The zero-order valence-corrected chi connectivity index (χ0v) is 24.6. The van der Waals surface area contributed by atoms with E-state index in [9.17, 15) is 14.4 Å². The second-order valence-electron chi connectivity index (χ2n) is 12.1. The number of aldehydes is 1. The topological polar surface area (TPSA) is 94.7 Å². The van der Waals surface area contributed by atoms with E-state index in [0.717, 1.165) is 68.3 Å². The maximum atomic E-state index is 12.4. The molecule has 4 aliphatic rings. The first kappa shape index (κ1) is 28.5. The van der Waals surface area contributed by atoms with Crippen LogP contribution in [0.1, 0.15) is 41.6 Å². The second kappa shape index (κ2) is 12.3. The Hall–Kier alpha value is -3.63. The van der Waals surface area contributed by atoms with E-state index in [4.69, 9.17) is 9.47 Å². The van der Waals surface area contributed by atoms with Gasteiger partial charge in [0.2, 0.25) is 11.8 Å². The van der Waals surface area contributed by atoms with E-state index in [1.54, 1.807) is 7.11 Å². The highest BCUT2D eigenvalue weighted by molar-refractivity contribution is 6.00. The van der Waals surface area contributed by atoms with Crippen LogP contribution in [0.15, 0.2) is 36.4 Å². The van der Waals surface area contributed by atoms with Gasteiger partial charge in [0.25, 0.3) is 0 Å². The zero-order chi connectivity index (χ0) is 29.2. The van der Waals surface area contributed by atoms with Crippen LogP contribution in [0.2, 0.25) is 0 Å². The molecule has 0 bridgehead atoms. The monoisotopic (exact) mass is 575 g/mol. The fraction of sp³-hybridized carbons (Fsp3) is 0.531. The quantitative estimate of drug-likeness (QED) is 0.377. The van der Waals surface area contributed by atoms with E-state index in [2.05, 4.69) is 44.3 Å². The SMILES string of the molecule is COc1cccc(N2CCC(CN3CCN4c5cc(CN(C)C6CCC(=O)NC6=O)c(C=O)cc5OCC4C3)CC2)c1. The van der Waals surface area contributed by atoms with Crippen molar-refractivity contribution in [3.63, 3.8) is 0 Å². The predicted octanol–water partition coefficient (Wildman–Crippen LogP) is 2.54. The van der Waals surface area contributed by atoms with Gasteiger partial charge in [0.05, 0.1) is 24.9 Å². The molecule has 2 unspecified atom stereocenters. The fourth-order valence-electron chi connectivity index (χ4n) is 6.97. The van der Waals surface area contributed by atoms with Gasteiger partial charge in [-0.25, -0.2) is 0 Å². The summed E-state index contributed by atoms with van der Waals surface area (Å²) in [5.74, 6) is 1.83. The first-order chi connectivity index (χ1) is 20.4. The van der Waals surface area contributed by atoms with Gasteiger partial charge < -0.3 is 19.3 Å². The average molecular weight is 576 g/mol. The lowest BCUT2D eigenvalue weighted by Gasteiger charge is -2.47. The van der Waals surface area contributed by atoms with Gasteiger partial charge >= 0.3 is 0 Å². The molecule has 3 saturated heterocycles. The molecular formula is C32H41N5O5. The molecule has 2 atom stereocenters. The number of piperidine rings is 2. The number of methoxy groups -OCH3 is 1. The van der Waals surface area contributed by atoms with Crippen molar-refractivity contribution in [1.29, 1.82) is 0 Å². The third-order valence-corrected chi connectivity index (χ3v) is 9.37. The Balaban J connectivity index is 1.07. The molecule has 42 heavy (non-hydrogen) atoms. The first-order valence-corrected chi connectivity index (χ1v) is 15.1. The molecule has 0 aromatic heterocycles. The molecule has 10 heteroatoms. The number of carbonyl (C=O) groups excluding carboxylic acids is 3. The maximum absolute atomic E-state index is 12.4. The molecule has 0 radical (unpaired) electrons. The van der Waals surface area contributed by atoms with Crippen LogP contribution in [-0.2, 0) is 16.1 Å². The second-order valence-corrected chi connectivity index (χ2v) is 12.1. The number of ether oxygens (including phenoxy) is 2. The summed E-state index contributed by atoms with van der Waals surface area (Å²) >= 11 is 0. The van der Waals surface area contributed by atoms with Crippen molar-refractivity contribution >= 4 is 29.5 Å². The van der Waals surface area contributed by atoms with E-state index in [1.807, 2.05) is 24.1 Å². The summed E-state index contributed by atoms with van der Waals surface area (Å²) in [6.45, 7) is 7.13. The summed E-state index contributed by atoms with van der Waals surface area (Å²) in [6, 6.07) is 12.1. The minimum atomic E-state index is -0.395. The highest BCUT2D eigenvalue weighted by Gasteiger charge is 2.35. The van der Waals surface area contributed by atoms with Crippen molar-refractivity contribution in [2.24, 2.45) is 5.92 Å². The lowest BCUT2D eigenvalue weighted by molar-refractivity contribution is -0.137. The van der Waals surface area contributed by atoms with Crippen LogP contribution in [0.3, 0.4) is 0 Å². The van der Waals surface area contributed by atoms with Gasteiger partial charge in [-0.15, -0.1) is 0 Å². The van der Waals surface area contributed by atoms with Crippen molar-refractivity contribution < 1.29 is 23.9 Å². The molecule has 2 aromatic rings. The zero-order valence-electron chi connectivity index (χ0n) is 24.6. The van der Waals surface area contributed by atoms with Crippen LogP contribution in [0, 0.1) is 5.92 Å². The number of rotatable bonds is 8. The number of piperazine rings is 1. The third-order valence-electron chi connectivity index (χ3n) is 9.37. The van der Waals surface area contributed by atoms with Crippen LogP contribution in [0.4, 0.5) is 11.4 Å². The highest BCUT2D eigenvalue weighted by atomic mass is 16.5. The van der Waals surface area contributed by atoms with Crippen molar-refractivity contribution in [2.75, 3.05) is 69.8 Å². The Morgan fingerprint density at radius 2 is 1.93 bits per heavy atom. The lowest BCUT2D eigenvalue weighted by Crippen LogP contribution is -2.58. The summed E-state index contributed by atoms with van der Waals surface area (Å²) in [4.78, 5) is 45.4. The predicted molar refractivity (Wildman–Crippen MR) is 160 cm³/mol. The van der Waals surface area contributed by atoms with Gasteiger partial charge in [0.1, 0.15) is 18.1 Å². The molecule has 0 aliphatic carbocycles. The molecular weight excluding hydrogens is 534 g/mol. The molecule has 1 N–H and O–H groups in total. The Kier molecular flexibility index (Phi) is 8.35. The number of likely N-dealkylation sites (N-methyl/N-ethyl adjacent to an activating group) is 1. The Labute approximate surface area is 247 Å². The normalized spacial score (nSPS) is 23.2. The molecule has 2 amide bonds. The van der Waals surface area contributed by atoms with E-state index in [-0.39, 0.29) is 17.9 Å². The molecule has 4 heterocycles. The number of hydrogen-bond donors (Lipinski definition) is 1. The van der Waals surface area contributed by atoms with Crippen molar-refractivity contribution in [3.8, 4) is 11.5 Å². The van der Waals surface area contributed by atoms with Gasteiger partial charge in [-0.2, -0.15) is 0 Å². The van der Waals surface area contributed by atoms with Gasteiger partial charge in [-0.3, -0.25) is 29.5 Å². The van der Waals surface area contributed by atoms with Crippen LogP contribution < -0.4 is 24.6 Å². The van der Waals surface area contributed by atoms with E-state index >= 15 is 0 Å². The fourth-order valence-corrected chi connectivity index (χ4v) is 6.97. The summed E-state index contributed by atoms with van der Waals surface area (Å²) in [5, 5.41) is 2.43. The molecule has 10 nitrogen and oxygen atoms in total. The van der Waals surface area contributed by atoms with Crippen molar-refractivity contribution in [2.45, 2.75) is 44.3 Å². The van der Waals surface area contributed by atoms with Gasteiger partial charge in [0.15, 0.2) is 6.29 Å². The summed E-state index contributed by atoms with van der Waals surface area (Å²) < 4.78 is 11.6. The summed E-state index contributed by atoms with van der Waals surface area (Å²) in [6.07, 6.45) is 4.03.